The largest absolute Gasteiger partial charge is 0.497 e. The Hall–Kier alpha value is -2.24. The Balaban J connectivity index is 2.31. The highest BCUT2D eigenvalue weighted by Crippen LogP contribution is 2.39. The van der Waals surface area contributed by atoms with Crippen molar-refractivity contribution < 1.29 is 19.1 Å². The molecular formula is C22H34N2O4. The van der Waals surface area contributed by atoms with E-state index in [9.17, 15) is 9.59 Å². The van der Waals surface area contributed by atoms with Gasteiger partial charge in [0.2, 0.25) is 11.8 Å². The first-order valence-corrected chi connectivity index (χ1v) is 10.1. The molecule has 1 heterocycles. The van der Waals surface area contributed by atoms with E-state index in [1.165, 1.54) is 0 Å². The third kappa shape index (κ3) is 5.18. The van der Waals surface area contributed by atoms with E-state index in [2.05, 4.69) is 19.2 Å². The summed E-state index contributed by atoms with van der Waals surface area (Å²) in [6.07, 6.45) is 0.931. The summed E-state index contributed by atoms with van der Waals surface area (Å²) in [5.74, 6) is 1.47. The first-order valence-electron chi connectivity index (χ1n) is 10.1. The number of amides is 2. The average molecular weight is 391 g/mol. The molecule has 2 amide bonds. The summed E-state index contributed by atoms with van der Waals surface area (Å²) in [6, 6.07) is 5.61. The fraction of sp³-hybridized carbons (Fsp3) is 0.636. The minimum Gasteiger partial charge on any atom is -0.497 e. The van der Waals surface area contributed by atoms with Crippen LogP contribution in [0.5, 0.6) is 11.5 Å². The maximum atomic E-state index is 13.0. The van der Waals surface area contributed by atoms with E-state index >= 15 is 0 Å². The van der Waals surface area contributed by atoms with E-state index < -0.39 is 0 Å². The second-order valence-electron chi connectivity index (χ2n) is 8.19. The van der Waals surface area contributed by atoms with Crippen molar-refractivity contribution in [3.63, 3.8) is 0 Å². The van der Waals surface area contributed by atoms with Gasteiger partial charge in [-0.25, -0.2) is 0 Å². The third-order valence-corrected chi connectivity index (χ3v) is 5.32. The van der Waals surface area contributed by atoms with E-state index in [0.29, 0.717) is 37.1 Å². The summed E-state index contributed by atoms with van der Waals surface area (Å²) in [6.45, 7) is 9.62. The van der Waals surface area contributed by atoms with Crippen LogP contribution in [0.1, 0.15) is 45.6 Å². The van der Waals surface area contributed by atoms with Crippen molar-refractivity contribution in [1.29, 1.82) is 0 Å². The molecule has 6 heteroatoms. The summed E-state index contributed by atoms with van der Waals surface area (Å²) in [5.41, 5.74) is 0.907. The van der Waals surface area contributed by atoms with Crippen LogP contribution < -0.4 is 14.8 Å². The van der Waals surface area contributed by atoms with Crippen LogP contribution in [0.4, 0.5) is 0 Å². The van der Waals surface area contributed by atoms with Crippen molar-refractivity contribution in [2.24, 2.45) is 17.8 Å². The van der Waals surface area contributed by atoms with Gasteiger partial charge in [0.05, 0.1) is 20.1 Å². The third-order valence-electron chi connectivity index (χ3n) is 5.32. The molecule has 0 saturated carbocycles. The summed E-state index contributed by atoms with van der Waals surface area (Å²) >= 11 is 0. The molecule has 0 bridgehead atoms. The Bertz CT molecular complexity index is 687. The van der Waals surface area contributed by atoms with Gasteiger partial charge < -0.3 is 19.7 Å². The molecule has 156 valence electrons. The highest BCUT2D eigenvalue weighted by molar-refractivity contribution is 5.84. The van der Waals surface area contributed by atoms with Gasteiger partial charge in [-0.3, -0.25) is 9.59 Å². The number of nitrogens with one attached hydrogen (secondary N) is 1. The zero-order chi connectivity index (χ0) is 20.8. The lowest BCUT2D eigenvalue weighted by molar-refractivity contribution is -0.133. The summed E-state index contributed by atoms with van der Waals surface area (Å²) in [7, 11) is 3.24. The smallest absolute Gasteiger partial charge is 0.225 e. The number of rotatable bonds is 8. The molecule has 0 spiro atoms. The quantitative estimate of drug-likeness (QED) is 0.741. The number of ether oxygens (including phenoxy) is 2. The fourth-order valence-corrected chi connectivity index (χ4v) is 3.67. The zero-order valence-electron chi connectivity index (χ0n) is 18.0. The molecule has 1 N–H and O–H groups in total. The van der Waals surface area contributed by atoms with Gasteiger partial charge >= 0.3 is 0 Å². The van der Waals surface area contributed by atoms with Crippen molar-refractivity contribution >= 4 is 11.8 Å². The average Bonchev–Trinajstić information content (AvgIpc) is 3.11. The SMILES string of the molecule is COc1ccc(OC)c([C@H]2CN(C(=O)C(C)C)C[C@H]2C(=O)NCCC(C)C)c1. The number of likely N-dealkylation sites (tertiary alicyclic amines) is 1. The molecule has 0 radical (unpaired) electrons. The number of nitrogens with zero attached hydrogens (tertiary/aromatic N) is 1. The number of carbonyl (C=O) groups is 2. The predicted molar refractivity (Wildman–Crippen MR) is 110 cm³/mol. The van der Waals surface area contributed by atoms with Gasteiger partial charge in [-0.05, 0) is 30.5 Å². The molecule has 1 saturated heterocycles. The maximum Gasteiger partial charge on any atom is 0.225 e. The molecule has 28 heavy (non-hydrogen) atoms. The molecular weight excluding hydrogens is 356 g/mol. The van der Waals surface area contributed by atoms with Crippen molar-refractivity contribution in [2.75, 3.05) is 33.9 Å². The minimum atomic E-state index is -0.309. The lowest BCUT2D eigenvalue weighted by Crippen LogP contribution is -2.37. The van der Waals surface area contributed by atoms with Crippen LogP contribution in [-0.4, -0.2) is 50.6 Å². The van der Waals surface area contributed by atoms with Crippen molar-refractivity contribution in [1.82, 2.24) is 10.2 Å². The van der Waals surface area contributed by atoms with E-state index in [0.717, 1.165) is 12.0 Å². The van der Waals surface area contributed by atoms with Gasteiger partial charge in [0, 0.05) is 37.0 Å². The Morgan fingerprint density at radius 2 is 1.86 bits per heavy atom. The second-order valence-corrected chi connectivity index (χ2v) is 8.19. The zero-order valence-corrected chi connectivity index (χ0v) is 18.0. The molecule has 2 atom stereocenters. The van der Waals surface area contributed by atoms with Crippen LogP contribution in [-0.2, 0) is 9.59 Å². The standard InChI is InChI=1S/C22H34N2O4/c1-14(2)9-10-23-21(25)19-13-24(22(26)15(3)4)12-18(19)17-11-16(27-5)7-8-20(17)28-6/h7-8,11,14-15,18-19H,9-10,12-13H2,1-6H3,(H,23,25)/t18-,19-/m1/s1. The Morgan fingerprint density at radius 3 is 2.43 bits per heavy atom. The fourth-order valence-electron chi connectivity index (χ4n) is 3.67. The maximum absolute atomic E-state index is 13.0. The van der Waals surface area contributed by atoms with E-state index in [4.69, 9.17) is 9.47 Å². The molecule has 2 rings (SSSR count). The van der Waals surface area contributed by atoms with Crippen LogP contribution in [0.2, 0.25) is 0 Å². The van der Waals surface area contributed by atoms with E-state index in [-0.39, 0.29) is 29.6 Å². The molecule has 0 aliphatic carbocycles. The van der Waals surface area contributed by atoms with Crippen LogP contribution >= 0.6 is 0 Å². The van der Waals surface area contributed by atoms with Gasteiger partial charge in [0.15, 0.2) is 0 Å². The predicted octanol–water partition coefficient (Wildman–Crippen LogP) is 3.06. The molecule has 1 aliphatic heterocycles. The van der Waals surface area contributed by atoms with Gasteiger partial charge in [-0.15, -0.1) is 0 Å². The lowest BCUT2D eigenvalue weighted by atomic mass is 9.87. The second kappa shape index (κ2) is 9.80. The van der Waals surface area contributed by atoms with E-state index in [1.807, 2.05) is 32.0 Å². The number of hydrogen-bond donors (Lipinski definition) is 1. The molecule has 6 nitrogen and oxygen atoms in total. The Kier molecular flexibility index (Phi) is 7.72. The van der Waals surface area contributed by atoms with Crippen molar-refractivity contribution in [3.05, 3.63) is 23.8 Å². The van der Waals surface area contributed by atoms with Crippen LogP contribution in [0.15, 0.2) is 18.2 Å². The minimum absolute atomic E-state index is 0.00502. The normalized spacial score (nSPS) is 19.2. The molecule has 1 fully saturated rings. The van der Waals surface area contributed by atoms with Crippen LogP contribution in [0.3, 0.4) is 0 Å². The van der Waals surface area contributed by atoms with Gasteiger partial charge in [-0.1, -0.05) is 27.7 Å². The van der Waals surface area contributed by atoms with Crippen molar-refractivity contribution in [2.45, 2.75) is 40.0 Å². The first-order chi connectivity index (χ1) is 13.3. The van der Waals surface area contributed by atoms with Crippen molar-refractivity contribution in [3.8, 4) is 11.5 Å². The van der Waals surface area contributed by atoms with Gasteiger partial charge in [0.25, 0.3) is 0 Å². The van der Waals surface area contributed by atoms with Gasteiger partial charge in [-0.2, -0.15) is 0 Å². The molecule has 1 aliphatic rings. The number of carbonyl (C=O) groups excluding carboxylic acids is 2. The van der Waals surface area contributed by atoms with Gasteiger partial charge in [0.1, 0.15) is 11.5 Å². The van der Waals surface area contributed by atoms with Crippen LogP contribution in [0, 0.1) is 17.8 Å². The molecule has 0 aromatic heterocycles. The lowest BCUT2D eigenvalue weighted by Gasteiger charge is -2.21. The summed E-state index contributed by atoms with van der Waals surface area (Å²) in [4.78, 5) is 27.4. The summed E-state index contributed by atoms with van der Waals surface area (Å²) < 4.78 is 10.9. The molecule has 1 aromatic carbocycles. The number of hydrogen-bond acceptors (Lipinski definition) is 4. The number of benzene rings is 1. The summed E-state index contributed by atoms with van der Waals surface area (Å²) in [5, 5.41) is 3.06. The first kappa shape index (κ1) is 22.1. The molecule has 1 aromatic rings. The van der Waals surface area contributed by atoms with E-state index in [1.54, 1.807) is 19.1 Å². The van der Waals surface area contributed by atoms with Crippen LogP contribution in [0.25, 0.3) is 0 Å². The Labute approximate surface area is 168 Å². The monoisotopic (exact) mass is 390 g/mol. The highest BCUT2D eigenvalue weighted by Gasteiger charge is 2.42. The topological polar surface area (TPSA) is 67.9 Å². The Morgan fingerprint density at radius 1 is 1.14 bits per heavy atom. The highest BCUT2D eigenvalue weighted by atomic mass is 16.5. The molecule has 0 unspecified atom stereocenters. The number of methoxy groups -OCH3 is 2.